The molecule has 0 spiro atoms. The third-order valence-corrected chi connectivity index (χ3v) is 4.59. The summed E-state index contributed by atoms with van der Waals surface area (Å²) in [5, 5.41) is 2.89. The van der Waals surface area contributed by atoms with Crippen LogP contribution in [-0.4, -0.2) is 15.3 Å². The van der Waals surface area contributed by atoms with Crippen molar-refractivity contribution in [1.29, 1.82) is 0 Å². The summed E-state index contributed by atoms with van der Waals surface area (Å²) < 4.78 is 4.28. The number of nitrogen functional groups attached to an aromatic ring is 1. The van der Waals surface area contributed by atoms with Gasteiger partial charge in [-0.25, -0.2) is 0 Å². The first-order chi connectivity index (χ1) is 11.7. The summed E-state index contributed by atoms with van der Waals surface area (Å²) in [5.41, 5.74) is 10.0. The zero-order chi connectivity index (χ0) is 16.9. The van der Waals surface area contributed by atoms with Crippen molar-refractivity contribution >= 4 is 23.1 Å². The number of carbonyl (C=O) groups excluding carboxylic acids is 1. The lowest BCUT2D eigenvalue weighted by molar-refractivity contribution is 0.0956. The predicted molar refractivity (Wildman–Crippen MR) is 96.7 cm³/mol. The van der Waals surface area contributed by atoms with Gasteiger partial charge in [0.1, 0.15) is 10.6 Å². The molecule has 0 unspecified atom stereocenters. The highest BCUT2D eigenvalue weighted by atomic mass is 32.1. The first-order valence-corrected chi connectivity index (χ1v) is 8.49. The number of benzene rings is 1. The van der Waals surface area contributed by atoms with Crippen molar-refractivity contribution in [2.45, 2.75) is 19.9 Å². The van der Waals surface area contributed by atoms with Crippen LogP contribution in [0.2, 0.25) is 0 Å². The molecule has 3 rings (SSSR count). The third-order valence-electron chi connectivity index (χ3n) is 3.73. The Morgan fingerprint density at radius 3 is 2.58 bits per heavy atom. The first-order valence-electron chi connectivity index (χ1n) is 7.71. The maximum absolute atomic E-state index is 12.4. The molecule has 0 atom stereocenters. The molecule has 0 aliphatic rings. The Balaban J connectivity index is 1.70. The fraction of sp³-hybridized carbons (Fsp3) is 0.167. The van der Waals surface area contributed by atoms with E-state index in [-0.39, 0.29) is 5.91 Å². The summed E-state index contributed by atoms with van der Waals surface area (Å²) in [6.45, 7) is 2.57. The van der Waals surface area contributed by atoms with Gasteiger partial charge in [0.05, 0.1) is 11.4 Å². The number of rotatable bonds is 5. The van der Waals surface area contributed by atoms with Gasteiger partial charge in [0, 0.05) is 12.7 Å². The molecular formula is C18H18N4OS. The fourth-order valence-electron chi connectivity index (χ4n) is 2.30. The molecule has 0 aliphatic heterocycles. The molecule has 0 aliphatic carbocycles. The standard InChI is InChI=1S/C18H18N4OS/c1-2-12-6-8-13(9-7-12)11-21-18(23)17-15(19)16(22-24-17)14-5-3-4-10-20-14/h3-10H,2,11,19H2,1H3,(H,21,23). The van der Waals surface area contributed by atoms with E-state index >= 15 is 0 Å². The SMILES string of the molecule is CCc1ccc(CNC(=O)c2snc(-c3ccccn3)c2N)cc1. The second kappa shape index (κ2) is 7.23. The van der Waals surface area contributed by atoms with Crippen LogP contribution in [-0.2, 0) is 13.0 Å². The van der Waals surface area contributed by atoms with E-state index in [1.54, 1.807) is 6.20 Å². The Kier molecular flexibility index (Phi) is 4.86. The van der Waals surface area contributed by atoms with Gasteiger partial charge in [-0.15, -0.1) is 0 Å². The molecule has 0 radical (unpaired) electrons. The van der Waals surface area contributed by atoms with Crippen LogP contribution in [0.25, 0.3) is 11.4 Å². The Morgan fingerprint density at radius 2 is 1.92 bits per heavy atom. The summed E-state index contributed by atoms with van der Waals surface area (Å²) in [6, 6.07) is 13.7. The van der Waals surface area contributed by atoms with Crippen molar-refractivity contribution in [2.24, 2.45) is 0 Å². The van der Waals surface area contributed by atoms with Gasteiger partial charge < -0.3 is 11.1 Å². The third kappa shape index (κ3) is 3.44. The Labute approximate surface area is 144 Å². The van der Waals surface area contributed by atoms with Crippen LogP contribution >= 0.6 is 11.5 Å². The van der Waals surface area contributed by atoms with E-state index in [2.05, 4.69) is 33.7 Å². The Morgan fingerprint density at radius 1 is 1.17 bits per heavy atom. The average Bonchev–Trinajstić information content (AvgIpc) is 3.02. The van der Waals surface area contributed by atoms with Gasteiger partial charge in [-0.3, -0.25) is 9.78 Å². The minimum Gasteiger partial charge on any atom is -0.396 e. The monoisotopic (exact) mass is 338 g/mol. The zero-order valence-corrected chi connectivity index (χ0v) is 14.1. The number of nitrogens with one attached hydrogen (secondary N) is 1. The van der Waals surface area contributed by atoms with Crippen LogP contribution in [0.1, 0.15) is 27.7 Å². The quantitative estimate of drug-likeness (QED) is 0.748. The van der Waals surface area contributed by atoms with Crippen molar-refractivity contribution in [3.8, 4) is 11.4 Å². The van der Waals surface area contributed by atoms with Gasteiger partial charge in [-0.05, 0) is 41.2 Å². The summed E-state index contributed by atoms with van der Waals surface area (Å²) in [4.78, 5) is 17.0. The lowest BCUT2D eigenvalue weighted by Crippen LogP contribution is -2.22. The van der Waals surface area contributed by atoms with Gasteiger partial charge in [0.25, 0.3) is 5.91 Å². The van der Waals surface area contributed by atoms with E-state index in [9.17, 15) is 4.79 Å². The van der Waals surface area contributed by atoms with Crippen LogP contribution in [0.3, 0.4) is 0 Å². The maximum atomic E-state index is 12.4. The minimum absolute atomic E-state index is 0.216. The normalized spacial score (nSPS) is 10.5. The van der Waals surface area contributed by atoms with Gasteiger partial charge >= 0.3 is 0 Å². The van der Waals surface area contributed by atoms with Gasteiger partial charge in [0.2, 0.25) is 0 Å². The highest BCUT2D eigenvalue weighted by molar-refractivity contribution is 7.09. The van der Waals surface area contributed by atoms with Crippen LogP contribution in [0.15, 0.2) is 48.7 Å². The summed E-state index contributed by atoms with van der Waals surface area (Å²) >= 11 is 1.09. The molecule has 0 saturated carbocycles. The lowest BCUT2D eigenvalue weighted by atomic mass is 10.1. The van der Waals surface area contributed by atoms with E-state index in [0.29, 0.717) is 28.5 Å². The number of anilines is 1. The van der Waals surface area contributed by atoms with Crippen LogP contribution in [0, 0.1) is 0 Å². The summed E-state index contributed by atoms with van der Waals surface area (Å²) in [7, 11) is 0. The molecular weight excluding hydrogens is 320 g/mol. The highest BCUT2D eigenvalue weighted by Crippen LogP contribution is 2.29. The second-order valence-electron chi connectivity index (χ2n) is 5.34. The summed E-state index contributed by atoms with van der Waals surface area (Å²) in [5.74, 6) is -0.216. The molecule has 0 fully saturated rings. The number of pyridine rings is 1. The van der Waals surface area contributed by atoms with E-state index < -0.39 is 0 Å². The number of hydrogen-bond acceptors (Lipinski definition) is 5. The number of nitrogens with zero attached hydrogens (tertiary/aromatic N) is 2. The summed E-state index contributed by atoms with van der Waals surface area (Å²) in [6.07, 6.45) is 2.67. The van der Waals surface area contributed by atoms with E-state index in [0.717, 1.165) is 23.5 Å². The van der Waals surface area contributed by atoms with Crippen molar-refractivity contribution in [3.63, 3.8) is 0 Å². The van der Waals surface area contributed by atoms with E-state index in [1.165, 1.54) is 5.56 Å². The molecule has 1 aromatic carbocycles. The van der Waals surface area contributed by atoms with Crippen molar-refractivity contribution < 1.29 is 4.79 Å². The zero-order valence-electron chi connectivity index (χ0n) is 13.3. The molecule has 3 N–H and O–H groups in total. The van der Waals surface area contributed by atoms with Crippen LogP contribution in [0.4, 0.5) is 5.69 Å². The van der Waals surface area contributed by atoms with E-state index in [1.807, 2.05) is 30.3 Å². The topological polar surface area (TPSA) is 80.9 Å². The molecule has 122 valence electrons. The molecule has 0 bridgehead atoms. The highest BCUT2D eigenvalue weighted by Gasteiger charge is 2.18. The molecule has 0 saturated heterocycles. The maximum Gasteiger partial charge on any atom is 0.265 e. The molecule has 5 nitrogen and oxygen atoms in total. The number of amides is 1. The number of aryl methyl sites for hydroxylation is 1. The average molecular weight is 338 g/mol. The van der Waals surface area contributed by atoms with Gasteiger partial charge in [0.15, 0.2) is 0 Å². The smallest absolute Gasteiger partial charge is 0.265 e. The minimum atomic E-state index is -0.216. The molecule has 2 heterocycles. The van der Waals surface area contributed by atoms with Crippen molar-refractivity contribution in [2.75, 3.05) is 5.73 Å². The number of carbonyl (C=O) groups is 1. The van der Waals surface area contributed by atoms with Crippen molar-refractivity contribution in [3.05, 3.63) is 64.7 Å². The number of hydrogen-bond donors (Lipinski definition) is 2. The molecule has 3 aromatic rings. The van der Waals surface area contributed by atoms with Crippen LogP contribution < -0.4 is 11.1 Å². The number of aromatic nitrogens is 2. The van der Waals surface area contributed by atoms with E-state index in [4.69, 9.17) is 5.73 Å². The predicted octanol–water partition coefficient (Wildman–Crippen LogP) is 3.28. The lowest BCUT2D eigenvalue weighted by Gasteiger charge is -2.05. The Bertz CT molecular complexity index is 828. The second-order valence-corrected chi connectivity index (χ2v) is 6.12. The Hall–Kier alpha value is -2.73. The van der Waals surface area contributed by atoms with Crippen LogP contribution in [0.5, 0.6) is 0 Å². The largest absolute Gasteiger partial charge is 0.396 e. The molecule has 1 amide bonds. The van der Waals surface area contributed by atoms with Gasteiger partial charge in [-0.1, -0.05) is 37.3 Å². The molecule has 24 heavy (non-hydrogen) atoms. The van der Waals surface area contributed by atoms with Crippen molar-refractivity contribution in [1.82, 2.24) is 14.7 Å². The fourth-order valence-corrected chi connectivity index (χ4v) is 3.03. The molecule has 2 aromatic heterocycles. The molecule has 6 heteroatoms. The number of nitrogens with two attached hydrogens (primary N) is 1. The first kappa shape index (κ1) is 16.1. The van der Waals surface area contributed by atoms with Gasteiger partial charge in [-0.2, -0.15) is 4.37 Å².